The van der Waals surface area contributed by atoms with Crippen LogP contribution in [0.4, 0.5) is 0 Å². The largest absolute Gasteiger partial charge is 0.357 e. The molecule has 2 heterocycles. The Morgan fingerprint density at radius 3 is 2.89 bits per heavy atom. The minimum absolute atomic E-state index is 0.593. The molecule has 1 aliphatic rings. The van der Waals surface area contributed by atoms with Gasteiger partial charge in [-0.1, -0.05) is 24.6 Å². The second kappa shape index (κ2) is 10.7. The highest BCUT2D eigenvalue weighted by atomic mass is 32.2. The first-order valence-electron chi connectivity index (χ1n) is 9.82. The van der Waals surface area contributed by atoms with Crippen molar-refractivity contribution in [3.05, 3.63) is 28.2 Å². The van der Waals surface area contributed by atoms with Gasteiger partial charge in [0.1, 0.15) is 5.82 Å². The number of aromatic nitrogens is 3. The number of aliphatic imine (C=N–C) groups is 1. The van der Waals surface area contributed by atoms with E-state index in [0.29, 0.717) is 12.6 Å². The maximum atomic E-state index is 4.66. The van der Waals surface area contributed by atoms with Crippen molar-refractivity contribution in [2.75, 3.05) is 19.3 Å². The Morgan fingerprint density at radius 1 is 1.33 bits per heavy atom. The number of nitrogens with one attached hydrogen (secondary N) is 2. The molecule has 3 rings (SSSR count). The van der Waals surface area contributed by atoms with E-state index in [2.05, 4.69) is 60.4 Å². The third-order valence-corrected chi connectivity index (χ3v) is 6.20. The van der Waals surface area contributed by atoms with E-state index in [0.717, 1.165) is 42.9 Å². The summed E-state index contributed by atoms with van der Waals surface area (Å²) in [4.78, 5) is 4.66. The molecule has 148 valence electrons. The minimum atomic E-state index is 0.593. The molecule has 1 saturated carbocycles. The molecule has 0 saturated heterocycles. The van der Waals surface area contributed by atoms with Crippen molar-refractivity contribution in [3.8, 4) is 0 Å². The Hall–Kier alpha value is -1.54. The molecule has 8 heteroatoms. The molecule has 0 bridgehead atoms. The van der Waals surface area contributed by atoms with E-state index in [1.807, 2.05) is 0 Å². The quantitative estimate of drug-likeness (QED) is 0.286. The lowest BCUT2D eigenvalue weighted by Gasteiger charge is -2.16. The van der Waals surface area contributed by atoms with Gasteiger partial charge in [-0.05, 0) is 54.8 Å². The van der Waals surface area contributed by atoms with E-state index >= 15 is 0 Å². The molecule has 2 aromatic rings. The van der Waals surface area contributed by atoms with Crippen LogP contribution in [0.3, 0.4) is 0 Å². The highest BCUT2D eigenvalue weighted by Crippen LogP contribution is 2.33. The Labute approximate surface area is 170 Å². The van der Waals surface area contributed by atoms with Gasteiger partial charge in [-0.2, -0.15) is 11.3 Å². The number of guanidine groups is 1. The predicted molar refractivity (Wildman–Crippen MR) is 115 cm³/mol. The van der Waals surface area contributed by atoms with Gasteiger partial charge in [-0.3, -0.25) is 0 Å². The Bertz CT molecular complexity index is 704. The first kappa shape index (κ1) is 20.2. The van der Waals surface area contributed by atoms with Gasteiger partial charge < -0.3 is 15.2 Å². The van der Waals surface area contributed by atoms with Crippen LogP contribution in [-0.4, -0.2) is 40.1 Å². The molecule has 0 radical (unpaired) electrons. The summed E-state index contributed by atoms with van der Waals surface area (Å²) in [6, 6.07) is 2.71. The fourth-order valence-electron chi connectivity index (χ4n) is 3.49. The summed E-state index contributed by atoms with van der Waals surface area (Å²) in [5, 5.41) is 20.9. The average molecular weight is 407 g/mol. The van der Waals surface area contributed by atoms with Crippen LogP contribution in [0.2, 0.25) is 0 Å². The van der Waals surface area contributed by atoms with E-state index in [1.165, 1.54) is 31.2 Å². The summed E-state index contributed by atoms with van der Waals surface area (Å²) in [5.41, 5.74) is 1.26. The van der Waals surface area contributed by atoms with Crippen LogP contribution in [0.25, 0.3) is 0 Å². The van der Waals surface area contributed by atoms with Crippen LogP contribution in [0.1, 0.15) is 56.5 Å². The Kier molecular flexibility index (Phi) is 8.01. The van der Waals surface area contributed by atoms with Crippen LogP contribution in [0, 0.1) is 0 Å². The zero-order valence-electron chi connectivity index (χ0n) is 16.3. The molecule has 1 aliphatic carbocycles. The van der Waals surface area contributed by atoms with Gasteiger partial charge in [0, 0.05) is 25.6 Å². The van der Waals surface area contributed by atoms with Crippen molar-refractivity contribution in [2.24, 2.45) is 4.99 Å². The molecular formula is C19H30N6S2. The minimum Gasteiger partial charge on any atom is -0.357 e. The van der Waals surface area contributed by atoms with E-state index in [-0.39, 0.29) is 0 Å². The van der Waals surface area contributed by atoms with E-state index in [1.54, 1.807) is 23.1 Å². The number of thioether (sulfide) groups is 1. The SMILES string of the molecule is CCNC(=NCc1ccsc1)NCCCc1nnc(SC)n1C1CCCC1. The molecule has 0 aliphatic heterocycles. The monoisotopic (exact) mass is 406 g/mol. The first-order chi connectivity index (χ1) is 13.3. The zero-order valence-corrected chi connectivity index (χ0v) is 17.9. The lowest BCUT2D eigenvalue weighted by molar-refractivity contribution is 0.460. The van der Waals surface area contributed by atoms with Gasteiger partial charge in [0.05, 0.1) is 6.54 Å². The third kappa shape index (κ3) is 5.72. The van der Waals surface area contributed by atoms with Crippen molar-refractivity contribution in [1.29, 1.82) is 0 Å². The fraction of sp³-hybridized carbons (Fsp3) is 0.632. The summed E-state index contributed by atoms with van der Waals surface area (Å²) < 4.78 is 2.40. The molecule has 2 N–H and O–H groups in total. The number of rotatable bonds is 9. The standard InChI is InChI=1S/C19H30N6S2/c1-3-20-18(22-13-15-10-12-27-14-15)21-11-6-9-17-23-24-19(26-2)25(17)16-7-4-5-8-16/h10,12,14,16H,3-9,11,13H2,1-2H3,(H2,20,21,22). The number of hydrogen-bond donors (Lipinski definition) is 2. The average Bonchev–Trinajstić information content (AvgIpc) is 3.44. The number of thiophene rings is 1. The molecule has 1 fully saturated rings. The van der Waals surface area contributed by atoms with E-state index in [4.69, 9.17) is 0 Å². The van der Waals surface area contributed by atoms with Crippen molar-refractivity contribution < 1.29 is 0 Å². The van der Waals surface area contributed by atoms with Crippen LogP contribution < -0.4 is 10.6 Å². The molecule has 0 unspecified atom stereocenters. The maximum absolute atomic E-state index is 4.66. The second-order valence-electron chi connectivity index (χ2n) is 6.77. The van der Waals surface area contributed by atoms with Gasteiger partial charge in [0.15, 0.2) is 11.1 Å². The molecule has 0 aromatic carbocycles. The first-order valence-corrected chi connectivity index (χ1v) is 12.0. The molecule has 27 heavy (non-hydrogen) atoms. The summed E-state index contributed by atoms with van der Waals surface area (Å²) >= 11 is 3.42. The van der Waals surface area contributed by atoms with Crippen molar-refractivity contribution >= 4 is 29.1 Å². The van der Waals surface area contributed by atoms with Gasteiger partial charge in [-0.25, -0.2) is 4.99 Å². The topological polar surface area (TPSA) is 67.1 Å². The highest BCUT2D eigenvalue weighted by Gasteiger charge is 2.23. The normalized spacial score (nSPS) is 15.4. The molecule has 2 aromatic heterocycles. The van der Waals surface area contributed by atoms with E-state index in [9.17, 15) is 0 Å². The molecule has 6 nitrogen and oxygen atoms in total. The lowest BCUT2D eigenvalue weighted by Crippen LogP contribution is -2.37. The van der Waals surface area contributed by atoms with E-state index < -0.39 is 0 Å². The van der Waals surface area contributed by atoms with Gasteiger partial charge in [0.2, 0.25) is 0 Å². The predicted octanol–water partition coefficient (Wildman–Crippen LogP) is 3.86. The summed E-state index contributed by atoms with van der Waals surface area (Å²) in [5.74, 6) is 2.01. The summed E-state index contributed by atoms with van der Waals surface area (Å²) in [6.07, 6.45) is 9.22. The Morgan fingerprint density at radius 2 is 2.19 bits per heavy atom. The maximum Gasteiger partial charge on any atom is 0.191 e. The molecule has 0 spiro atoms. The van der Waals surface area contributed by atoms with Crippen LogP contribution >= 0.6 is 23.1 Å². The van der Waals surface area contributed by atoms with Gasteiger partial charge in [-0.15, -0.1) is 10.2 Å². The van der Waals surface area contributed by atoms with Crippen LogP contribution in [0.5, 0.6) is 0 Å². The Balaban J connectivity index is 1.51. The highest BCUT2D eigenvalue weighted by molar-refractivity contribution is 7.98. The van der Waals surface area contributed by atoms with Crippen LogP contribution in [-0.2, 0) is 13.0 Å². The zero-order chi connectivity index (χ0) is 18.9. The van der Waals surface area contributed by atoms with Gasteiger partial charge in [0.25, 0.3) is 0 Å². The summed E-state index contributed by atoms with van der Waals surface area (Å²) in [6.45, 7) is 4.55. The van der Waals surface area contributed by atoms with Crippen molar-refractivity contribution in [3.63, 3.8) is 0 Å². The number of hydrogen-bond acceptors (Lipinski definition) is 5. The number of nitrogens with zero attached hydrogens (tertiary/aromatic N) is 4. The lowest BCUT2D eigenvalue weighted by atomic mass is 10.2. The molecule has 0 atom stereocenters. The van der Waals surface area contributed by atoms with Gasteiger partial charge >= 0.3 is 0 Å². The fourth-order valence-corrected chi connectivity index (χ4v) is 4.73. The van der Waals surface area contributed by atoms with Crippen molar-refractivity contribution in [2.45, 2.75) is 63.2 Å². The summed E-state index contributed by atoms with van der Waals surface area (Å²) in [7, 11) is 0. The van der Waals surface area contributed by atoms with Crippen molar-refractivity contribution in [1.82, 2.24) is 25.4 Å². The smallest absolute Gasteiger partial charge is 0.191 e. The number of aryl methyl sites for hydroxylation is 1. The molecular weight excluding hydrogens is 376 g/mol. The molecule has 0 amide bonds. The third-order valence-electron chi connectivity index (χ3n) is 4.82. The second-order valence-corrected chi connectivity index (χ2v) is 8.32. The van der Waals surface area contributed by atoms with Crippen LogP contribution in [0.15, 0.2) is 27.0 Å².